The van der Waals surface area contributed by atoms with Crippen molar-refractivity contribution in [3.05, 3.63) is 0 Å². The summed E-state index contributed by atoms with van der Waals surface area (Å²) in [6, 6.07) is 4.08. The molecule has 0 aromatic heterocycles. The highest BCUT2D eigenvalue weighted by Gasteiger charge is 2.33. The fourth-order valence-electron chi connectivity index (χ4n) is 2.93. The van der Waals surface area contributed by atoms with Crippen molar-refractivity contribution in [2.24, 2.45) is 5.92 Å². The molecule has 15 heavy (non-hydrogen) atoms. The van der Waals surface area contributed by atoms with Gasteiger partial charge in [-0.25, -0.2) is 0 Å². The van der Waals surface area contributed by atoms with Crippen molar-refractivity contribution in [1.29, 1.82) is 5.26 Å². The Morgan fingerprint density at radius 2 is 1.93 bits per heavy atom. The summed E-state index contributed by atoms with van der Waals surface area (Å²) in [4.78, 5) is 2.58. The van der Waals surface area contributed by atoms with Crippen LogP contribution in [0.4, 0.5) is 0 Å². The minimum Gasteiger partial charge on any atom is -0.294 e. The first-order valence-corrected chi connectivity index (χ1v) is 6.22. The van der Waals surface area contributed by atoms with Crippen LogP contribution in [-0.2, 0) is 0 Å². The highest BCUT2D eigenvalue weighted by atomic mass is 15.2. The maximum Gasteiger partial charge on any atom is 0.0638 e. The minimum atomic E-state index is 0.496. The van der Waals surface area contributed by atoms with Crippen molar-refractivity contribution in [2.75, 3.05) is 0 Å². The predicted octanol–water partition coefficient (Wildman–Crippen LogP) is 3.19. The lowest BCUT2D eigenvalue weighted by atomic mass is 9.86. The molecule has 2 atom stereocenters. The molecule has 0 amide bonds. The Morgan fingerprint density at radius 1 is 1.27 bits per heavy atom. The van der Waals surface area contributed by atoms with Crippen molar-refractivity contribution in [1.82, 2.24) is 4.90 Å². The van der Waals surface area contributed by atoms with Crippen LogP contribution < -0.4 is 0 Å². The molecule has 0 aromatic carbocycles. The SMILES string of the molecule is CC(C)C1CCCC(CC#N)N1C(C)C. The number of nitrogens with zero attached hydrogens (tertiary/aromatic N) is 2. The second kappa shape index (κ2) is 5.51. The summed E-state index contributed by atoms with van der Waals surface area (Å²) in [6.45, 7) is 9.11. The minimum absolute atomic E-state index is 0.496. The van der Waals surface area contributed by atoms with Gasteiger partial charge in [-0.2, -0.15) is 5.26 Å². The third-order valence-corrected chi connectivity index (χ3v) is 3.53. The first-order valence-electron chi connectivity index (χ1n) is 6.22. The highest BCUT2D eigenvalue weighted by Crippen LogP contribution is 2.30. The summed E-state index contributed by atoms with van der Waals surface area (Å²) >= 11 is 0. The number of likely N-dealkylation sites (tertiary alicyclic amines) is 1. The number of hydrogen-bond acceptors (Lipinski definition) is 2. The quantitative estimate of drug-likeness (QED) is 0.712. The van der Waals surface area contributed by atoms with Crippen molar-refractivity contribution in [3.8, 4) is 6.07 Å². The van der Waals surface area contributed by atoms with Gasteiger partial charge < -0.3 is 0 Å². The van der Waals surface area contributed by atoms with E-state index in [0.717, 1.165) is 0 Å². The number of rotatable bonds is 3. The van der Waals surface area contributed by atoms with Crippen LogP contribution in [0.1, 0.15) is 53.4 Å². The van der Waals surface area contributed by atoms with E-state index in [9.17, 15) is 0 Å². The monoisotopic (exact) mass is 208 g/mol. The lowest BCUT2D eigenvalue weighted by molar-refractivity contribution is 0.0294. The zero-order valence-electron chi connectivity index (χ0n) is 10.5. The van der Waals surface area contributed by atoms with Crippen LogP contribution in [0.5, 0.6) is 0 Å². The van der Waals surface area contributed by atoms with Gasteiger partial charge in [-0.1, -0.05) is 20.3 Å². The Kier molecular flexibility index (Phi) is 4.60. The summed E-state index contributed by atoms with van der Waals surface area (Å²) < 4.78 is 0. The van der Waals surface area contributed by atoms with Crippen LogP contribution in [0.25, 0.3) is 0 Å². The van der Waals surface area contributed by atoms with Crippen molar-refractivity contribution < 1.29 is 0 Å². The van der Waals surface area contributed by atoms with E-state index < -0.39 is 0 Å². The average Bonchev–Trinajstić information content (AvgIpc) is 2.17. The molecular formula is C13H24N2. The molecule has 86 valence electrons. The topological polar surface area (TPSA) is 27.0 Å². The largest absolute Gasteiger partial charge is 0.294 e. The number of piperidine rings is 1. The molecular weight excluding hydrogens is 184 g/mol. The maximum absolute atomic E-state index is 8.87. The molecule has 1 aliphatic heterocycles. The van der Waals surface area contributed by atoms with E-state index in [2.05, 4.69) is 38.7 Å². The van der Waals surface area contributed by atoms with Crippen molar-refractivity contribution >= 4 is 0 Å². The summed E-state index contributed by atoms with van der Waals surface area (Å²) in [5, 5.41) is 8.87. The van der Waals surface area contributed by atoms with Crippen LogP contribution >= 0.6 is 0 Å². The van der Waals surface area contributed by atoms with Gasteiger partial charge in [0.1, 0.15) is 0 Å². The fraction of sp³-hybridized carbons (Fsp3) is 0.923. The summed E-state index contributed by atoms with van der Waals surface area (Å²) in [5.74, 6) is 0.703. The van der Waals surface area contributed by atoms with Gasteiger partial charge in [0.2, 0.25) is 0 Å². The first kappa shape index (κ1) is 12.5. The second-order valence-corrected chi connectivity index (χ2v) is 5.30. The van der Waals surface area contributed by atoms with Crippen LogP contribution in [-0.4, -0.2) is 23.0 Å². The molecule has 2 heteroatoms. The van der Waals surface area contributed by atoms with Gasteiger partial charge in [0.25, 0.3) is 0 Å². The van der Waals surface area contributed by atoms with Gasteiger partial charge >= 0.3 is 0 Å². The zero-order chi connectivity index (χ0) is 11.4. The van der Waals surface area contributed by atoms with Gasteiger partial charge in [-0.05, 0) is 32.6 Å². The number of hydrogen-bond donors (Lipinski definition) is 0. The van der Waals surface area contributed by atoms with Gasteiger partial charge in [-0.3, -0.25) is 4.90 Å². The standard InChI is InChI=1S/C13H24N2/c1-10(2)13-7-5-6-12(8-9-14)15(13)11(3)4/h10-13H,5-8H2,1-4H3. The molecule has 0 aliphatic carbocycles. The molecule has 2 unspecified atom stereocenters. The highest BCUT2D eigenvalue weighted by molar-refractivity contribution is 4.92. The second-order valence-electron chi connectivity index (χ2n) is 5.30. The molecule has 0 aromatic rings. The normalized spacial score (nSPS) is 28.3. The average molecular weight is 208 g/mol. The molecule has 2 nitrogen and oxygen atoms in total. The Bertz CT molecular complexity index is 227. The third-order valence-electron chi connectivity index (χ3n) is 3.53. The Hall–Kier alpha value is -0.550. The number of nitriles is 1. The maximum atomic E-state index is 8.87. The molecule has 1 saturated heterocycles. The Morgan fingerprint density at radius 3 is 2.40 bits per heavy atom. The van der Waals surface area contributed by atoms with E-state index in [0.29, 0.717) is 30.5 Å². The summed E-state index contributed by atoms with van der Waals surface area (Å²) in [6.07, 6.45) is 4.49. The Labute approximate surface area is 94.3 Å². The van der Waals surface area contributed by atoms with Crippen molar-refractivity contribution in [2.45, 2.75) is 71.5 Å². The van der Waals surface area contributed by atoms with Gasteiger partial charge in [0.05, 0.1) is 12.5 Å². The molecule has 0 spiro atoms. The lowest BCUT2D eigenvalue weighted by Crippen LogP contribution is -2.52. The molecule has 0 bridgehead atoms. The van der Waals surface area contributed by atoms with Crippen LogP contribution in [0.15, 0.2) is 0 Å². The van der Waals surface area contributed by atoms with E-state index >= 15 is 0 Å². The molecule has 1 fully saturated rings. The summed E-state index contributed by atoms with van der Waals surface area (Å²) in [5.41, 5.74) is 0. The molecule has 0 radical (unpaired) electrons. The van der Waals surface area contributed by atoms with Crippen LogP contribution in [0, 0.1) is 17.2 Å². The zero-order valence-corrected chi connectivity index (χ0v) is 10.5. The molecule has 1 aliphatic rings. The summed E-state index contributed by atoms with van der Waals surface area (Å²) in [7, 11) is 0. The van der Waals surface area contributed by atoms with Crippen LogP contribution in [0.2, 0.25) is 0 Å². The van der Waals surface area contributed by atoms with Gasteiger partial charge in [0, 0.05) is 18.1 Å². The molecule has 1 rings (SSSR count). The van der Waals surface area contributed by atoms with E-state index in [1.807, 2.05) is 0 Å². The van der Waals surface area contributed by atoms with E-state index in [-0.39, 0.29) is 0 Å². The van der Waals surface area contributed by atoms with E-state index in [4.69, 9.17) is 5.26 Å². The van der Waals surface area contributed by atoms with Crippen molar-refractivity contribution in [3.63, 3.8) is 0 Å². The molecule has 0 N–H and O–H groups in total. The third kappa shape index (κ3) is 2.95. The Balaban J connectivity index is 2.76. The van der Waals surface area contributed by atoms with E-state index in [1.54, 1.807) is 0 Å². The molecule has 1 heterocycles. The van der Waals surface area contributed by atoms with Gasteiger partial charge in [-0.15, -0.1) is 0 Å². The van der Waals surface area contributed by atoms with Crippen LogP contribution in [0.3, 0.4) is 0 Å². The molecule has 0 saturated carbocycles. The predicted molar refractivity (Wildman–Crippen MR) is 63.5 cm³/mol. The smallest absolute Gasteiger partial charge is 0.0638 e. The van der Waals surface area contributed by atoms with E-state index in [1.165, 1.54) is 19.3 Å². The van der Waals surface area contributed by atoms with Gasteiger partial charge in [0.15, 0.2) is 0 Å². The lowest BCUT2D eigenvalue weighted by Gasteiger charge is -2.46. The first-order chi connectivity index (χ1) is 7.07. The fourth-order valence-corrected chi connectivity index (χ4v) is 2.93.